The average Bonchev–Trinajstić information content (AvgIpc) is 2.40. The molecular formula is C15H28N2O4. The molecule has 6 nitrogen and oxygen atoms in total. The van der Waals surface area contributed by atoms with Gasteiger partial charge in [-0.15, -0.1) is 0 Å². The molecule has 0 spiro atoms. The minimum Gasteiger partial charge on any atom is -0.481 e. The monoisotopic (exact) mass is 300 g/mol. The van der Waals surface area contributed by atoms with Crippen LogP contribution in [0.25, 0.3) is 0 Å². The lowest BCUT2D eigenvalue weighted by molar-refractivity contribution is -0.141. The Labute approximate surface area is 126 Å². The van der Waals surface area contributed by atoms with Crippen molar-refractivity contribution in [1.82, 2.24) is 10.6 Å². The summed E-state index contributed by atoms with van der Waals surface area (Å²) in [6, 6.07) is -0.222. The van der Waals surface area contributed by atoms with Crippen molar-refractivity contribution in [3.05, 3.63) is 0 Å². The molecule has 21 heavy (non-hydrogen) atoms. The summed E-state index contributed by atoms with van der Waals surface area (Å²) in [4.78, 5) is 22.5. The van der Waals surface area contributed by atoms with Crippen molar-refractivity contribution in [2.45, 2.75) is 51.9 Å². The molecule has 0 aliphatic heterocycles. The molecule has 0 saturated heterocycles. The van der Waals surface area contributed by atoms with E-state index in [4.69, 9.17) is 9.84 Å². The molecule has 1 saturated carbocycles. The van der Waals surface area contributed by atoms with E-state index in [0.29, 0.717) is 19.7 Å². The van der Waals surface area contributed by atoms with E-state index in [1.807, 2.05) is 0 Å². The number of carbonyl (C=O) groups is 2. The first-order valence-electron chi connectivity index (χ1n) is 7.89. The van der Waals surface area contributed by atoms with Crippen LogP contribution in [0.3, 0.4) is 0 Å². The Kier molecular flexibility index (Phi) is 8.12. The molecule has 122 valence electrons. The Hall–Kier alpha value is -1.30. The maximum Gasteiger partial charge on any atom is 0.314 e. The molecule has 1 fully saturated rings. The molecule has 0 aromatic rings. The number of hydrogen-bond acceptors (Lipinski definition) is 3. The summed E-state index contributed by atoms with van der Waals surface area (Å²) in [5.74, 6) is -0.791. The first kappa shape index (κ1) is 17.8. The number of hydrogen-bond donors (Lipinski definition) is 3. The number of carboxylic acids is 1. The number of carboxylic acid groups (broad SMARTS) is 1. The summed E-state index contributed by atoms with van der Waals surface area (Å²) in [6.45, 7) is 4.57. The highest BCUT2D eigenvalue weighted by atomic mass is 16.5. The number of carbonyl (C=O) groups excluding carboxylic acids is 1. The molecule has 1 rings (SSSR count). The second kappa shape index (κ2) is 9.60. The second-order valence-electron chi connectivity index (χ2n) is 5.85. The molecule has 3 N–H and O–H groups in total. The number of aliphatic carboxylic acids is 1. The van der Waals surface area contributed by atoms with Crippen LogP contribution >= 0.6 is 0 Å². The van der Waals surface area contributed by atoms with Crippen molar-refractivity contribution in [2.75, 3.05) is 26.3 Å². The van der Waals surface area contributed by atoms with Crippen molar-refractivity contribution in [3.8, 4) is 0 Å². The topological polar surface area (TPSA) is 87.7 Å². The van der Waals surface area contributed by atoms with Crippen LogP contribution in [0, 0.1) is 5.41 Å². The predicted octanol–water partition coefficient (Wildman–Crippen LogP) is 2.14. The van der Waals surface area contributed by atoms with Gasteiger partial charge in [-0.3, -0.25) is 4.79 Å². The van der Waals surface area contributed by atoms with Gasteiger partial charge in [-0.05, 0) is 31.1 Å². The predicted molar refractivity (Wildman–Crippen MR) is 80.3 cm³/mol. The van der Waals surface area contributed by atoms with Gasteiger partial charge >= 0.3 is 12.0 Å². The molecule has 0 unspecified atom stereocenters. The van der Waals surface area contributed by atoms with Gasteiger partial charge in [0.1, 0.15) is 0 Å². The number of unbranched alkanes of at least 4 members (excludes halogenated alkanes) is 1. The largest absolute Gasteiger partial charge is 0.481 e. The quantitative estimate of drug-likeness (QED) is 0.510. The van der Waals surface area contributed by atoms with E-state index in [9.17, 15) is 9.59 Å². The van der Waals surface area contributed by atoms with Crippen LogP contribution in [-0.2, 0) is 9.53 Å². The Balaban J connectivity index is 2.04. The number of rotatable bonds is 11. The van der Waals surface area contributed by atoms with E-state index < -0.39 is 5.97 Å². The van der Waals surface area contributed by atoms with Gasteiger partial charge in [0.05, 0.1) is 6.42 Å². The molecule has 6 heteroatoms. The average molecular weight is 300 g/mol. The van der Waals surface area contributed by atoms with Gasteiger partial charge in [-0.25, -0.2) is 4.79 Å². The SMILES string of the molecule is CCCCOCCCNC(=O)NCC1(CC(=O)O)CCC1. The third-order valence-corrected chi connectivity index (χ3v) is 3.96. The lowest BCUT2D eigenvalue weighted by Gasteiger charge is -2.40. The number of ether oxygens (including phenoxy) is 1. The van der Waals surface area contributed by atoms with Gasteiger partial charge < -0.3 is 20.5 Å². The van der Waals surface area contributed by atoms with Gasteiger partial charge in [0.2, 0.25) is 0 Å². The minimum absolute atomic E-state index is 0.137. The highest BCUT2D eigenvalue weighted by molar-refractivity contribution is 5.74. The van der Waals surface area contributed by atoms with E-state index in [-0.39, 0.29) is 17.9 Å². The molecule has 1 aliphatic carbocycles. The Morgan fingerprint density at radius 3 is 2.48 bits per heavy atom. The fourth-order valence-electron chi connectivity index (χ4n) is 2.47. The second-order valence-corrected chi connectivity index (χ2v) is 5.85. The fourth-order valence-corrected chi connectivity index (χ4v) is 2.47. The summed E-state index contributed by atoms with van der Waals surface area (Å²) in [5.41, 5.74) is -0.230. The van der Waals surface area contributed by atoms with Crippen molar-refractivity contribution in [1.29, 1.82) is 0 Å². The van der Waals surface area contributed by atoms with Crippen molar-refractivity contribution in [3.63, 3.8) is 0 Å². The molecule has 1 aliphatic rings. The first-order valence-corrected chi connectivity index (χ1v) is 7.89. The summed E-state index contributed by atoms with van der Waals surface area (Å²) >= 11 is 0. The van der Waals surface area contributed by atoms with Crippen LogP contribution in [0.2, 0.25) is 0 Å². The zero-order valence-corrected chi connectivity index (χ0v) is 13.0. The van der Waals surface area contributed by atoms with Crippen LogP contribution < -0.4 is 10.6 Å². The standard InChI is InChI=1S/C15H28N2O4/c1-2-3-9-21-10-5-8-16-14(20)17-12-15(6-4-7-15)11-13(18)19/h2-12H2,1H3,(H,18,19)(H2,16,17,20). The first-order chi connectivity index (χ1) is 10.1. The third kappa shape index (κ3) is 7.32. The van der Waals surface area contributed by atoms with Crippen LogP contribution in [-0.4, -0.2) is 43.4 Å². The highest BCUT2D eigenvalue weighted by Gasteiger charge is 2.39. The zero-order valence-electron chi connectivity index (χ0n) is 13.0. The van der Waals surface area contributed by atoms with Gasteiger partial charge in [0, 0.05) is 26.3 Å². The Morgan fingerprint density at radius 2 is 1.90 bits per heavy atom. The number of amides is 2. The molecule has 0 radical (unpaired) electrons. The lowest BCUT2D eigenvalue weighted by Crippen LogP contribution is -2.46. The van der Waals surface area contributed by atoms with Gasteiger partial charge in [0.25, 0.3) is 0 Å². The van der Waals surface area contributed by atoms with Crippen LogP contribution in [0.4, 0.5) is 4.79 Å². The maximum atomic E-state index is 11.6. The molecule has 0 bridgehead atoms. The Morgan fingerprint density at radius 1 is 1.19 bits per heavy atom. The van der Waals surface area contributed by atoms with Gasteiger partial charge in [-0.1, -0.05) is 19.8 Å². The summed E-state index contributed by atoms with van der Waals surface area (Å²) < 4.78 is 5.40. The van der Waals surface area contributed by atoms with E-state index >= 15 is 0 Å². The minimum atomic E-state index is -0.791. The Bertz CT molecular complexity index is 330. The van der Waals surface area contributed by atoms with Gasteiger partial charge in [-0.2, -0.15) is 0 Å². The fraction of sp³-hybridized carbons (Fsp3) is 0.867. The van der Waals surface area contributed by atoms with Crippen molar-refractivity contribution in [2.24, 2.45) is 5.41 Å². The zero-order chi connectivity index (χ0) is 15.6. The van der Waals surface area contributed by atoms with Crippen LogP contribution in [0.1, 0.15) is 51.9 Å². The van der Waals surface area contributed by atoms with E-state index in [2.05, 4.69) is 17.6 Å². The summed E-state index contributed by atoms with van der Waals surface area (Å²) in [5, 5.41) is 14.5. The van der Waals surface area contributed by atoms with Crippen molar-refractivity contribution < 1.29 is 19.4 Å². The molecule has 0 aromatic carbocycles. The molecule has 2 amide bonds. The molecule has 0 aromatic heterocycles. The number of nitrogens with one attached hydrogen (secondary N) is 2. The maximum absolute atomic E-state index is 11.6. The van der Waals surface area contributed by atoms with E-state index in [1.165, 1.54) is 0 Å². The highest BCUT2D eigenvalue weighted by Crippen LogP contribution is 2.43. The normalized spacial score (nSPS) is 16.0. The number of urea groups is 1. The van der Waals surface area contributed by atoms with Crippen molar-refractivity contribution >= 4 is 12.0 Å². The van der Waals surface area contributed by atoms with Gasteiger partial charge in [0.15, 0.2) is 0 Å². The van der Waals surface area contributed by atoms with E-state index in [0.717, 1.165) is 45.1 Å². The van der Waals surface area contributed by atoms with E-state index in [1.54, 1.807) is 0 Å². The third-order valence-electron chi connectivity index (χ3n) is 3.96. The summed E-state index contributed by atoms with van der Waals surface area (Å²) in [6.07, 6.45) is 5.93. The lowest BCUT2D eigenvalue weighted by atomic mass is 9.66. The molecule has 0 heterocycles. The van der Waals surface area contributed by atoms with Crippen LogP contribution in [0.5, 0.6) is 0 Å². The molecular weight excluding hydrogens is 272 g/mol. The smallest absolute Gasteiger partial charge is 0.314 e. The molecule has 0 atom stereocenters. The van der Waals surface area contributed by atoms with Crippen LogP contribution in [0.15, 0.2) is 0 Å². The summed E-state index contributed by atoms with van der Waals surface area (Å²) in [7, 11) is 0.